The number of nitrogens with zero attached hydrogens (tertiary/aromatic N) is 2. The summed E-state index contributed by atoms with van der Waals surface area (Å²) < 4.78 is 0.327. The van der Waals surface area contributed by atoms with Gasteiger partial charge in [-0.25, -0.2) is 9.97 Å². The summed E-state index contributed by atoms with van der Waals surface area (Å²) in [4.78, 5) is 25.7. The van der Waals surface area contributed by atoms with Gasteiger partial charge in [-0.05, 0) is 17.8 Å². The van der Waals surface area contributed by atoms with E-state index < -0.39 is 0 Å². The molecule has 0 unspecified atom stereocenters. The summed E-state index contributed by atoms with van der Waals surface area (Å²) in [7, 11) is 0. The van der Waals surface area contributed by atoms with Crippen molar-refractivity contribution in [3.05, 3.63) is 50.7 Å². The summed E-state index contributed by atoms with van der Waals surface area (Å²) in [6, 6.07) is 0. The van der Waals surface area contributed by atoms with Gasteiger partial charge >= 0.3 is 0 Å². The van der Waals surface area contributed by atoms with Crippen LogP contribution in [-0.4, -0.2) is 19.9 Å². The second kappa shape index (κ2) is 5.05. The first-order valence-electron chi connectivity index (χ1n) is 5.98. The molecule has 2 heterocycles. The van der Waals surface area contributed by atoms with E-state index in [1.165, 1.54) is 0 Å². The summed E-state index contributed by atoms with van der Waals surface area (Å²) in [5.74, 6) is 0.789. The molecule has 2 rings (SSSR count). The van der Waals surface area contributed by atoms with Crippen molar-refractivity contribution in [3.8, 4) is 0 Å². The molecule has 0 bridgehead atoms. The first-order chi connectivity index (χ1) is 8.86. The number of hydrogen-bond donors (Lipinski definition) is 2. The van der Waals surface area contributed by atoms with Crippen LogP contribution in [0.5, 0.6) is 0 Å². The van der Waals surface area contributed by atoms with Crippen molar-refractivity contribution in [1.82, 2.24) is 19.9 Å². The molecule has 5 nitrogen and oxygen atoms in total. The van der Waals surface area contributed by atoms with E-state index in [9.17, 15) is 4.79 Å². The molecule has 100 valence electrons. The Kier molecular flexibility index (Phi) is 3.61. The van der Waals surface area contributed by atoms with Gasteiger partial charge in [0.2, 0.25) is 0 Å². The molecular weight excluding hydrogens is 260 g/mol. The van der Waals surface area contributed by atoms with Crippen LogP contribution in [0, 0.1) is 4.77 Å². The molecule has 2 aromatic heterocycles. The van der Waals surface area contributed by atoms with Gasteiger partial charge in [0, 0.05) is 36.0 Å². The van der Waals surface area contributed by atoms with E-state index in [1.807, 2.05) is 0 Å². The number of aromatic nitrogens is 4. The lowest BCUT2D eigenvalue weighted by Crippen LogP contribution is -2.17. The second-order valence-corrected chi connectivity index (χ2v) is 5.85. The predicted octanol–water partition coefficient (Wildman–Crippen LogP) is 2.11. The molecule has 0 saturated carbocycles. The van der Waals surface area contributed by atoms with Gasteiger partial charge in [0.1, 0.15) is 5.82 Å². The van der Waals surface area contributed by atoms with Gasteiger partial charge in [-0.15, -0.1) is 0 Å². The van der Waals surface area contributed by atoms with Crippen LogP contribution in [0.2, 0.25) is 0 Å². The fraction of sp³-hybridized carbons (Fsp3) is 0.385. The van der Waals surface area contributed by atoms with Crippen LogP contribution in [0.4, 0.5) is 0 Å². The van der Waals surface area contributed by atoms with E-state index in [1.54, 1.807) is 18.6 Å². The average molecular weight is 276 g/mol. The van der Waals surface area contributed by atoms with E-state index in [2.05, 4.69) is 40.7 Å². The Bertz CT molecular complexity index is 679. The molecule has 2 aromatic rings. The van der Waals surface area contributed by atoms with Gasteiger partial charge in [-0.1, -0.05) is 20.8 Å². The highest BCUT2D eigenvalue weighted by molar-refractivity contribution is 7.71. The number of rotatable bonds is 2. The molecule has 0 aliphatic heterocycles. The zero-order valence-corrected chi connectivity index (χ0v) is 12.0. The average Bonchev–Trinajstić information content (AvgIpc) is 2.32. The number of H-pyrrole nitrogens is 2. The molecule has 0 radical (unpaired) electrons. The SMILES string of the molecule is CC(C)(C)c1ncc(Cc2c[nH]c(=S)[nH]c2=O)cn1. The van der Waals surface area contributed by atoms with Gasteiger partial charge in [0.15, 0.2) is 4.77 Å². The van der Waals surface area contributed by atoms with Gasteiger partial charge in [0.25, 0.3) is 5.56 Å². The third-order valence-electron chi connectivity index (χ3n) is 2.67. The highest BCUT2D eigenvalue weighted by Crippen LogP contribution is 2.17. The normalized spacial score (nSPS) is 11.5. The quantitative estimate of drug-likeness (QED) is 0.824. The van der Waals surface area contributed by atoms with E-state index in [0.29, 0.717) is 16.8 Å². The van der Waals surface area contributed by atoms with Gasteiger partial charge in [0.05, 0.1) is 0 Å². The van der Waals surface area contributed by atoms with Crippen molar-refractivity contribution in [2.24, 2.45) is 0 Å². The third kappa shape index (κ3) is 3.35. The number of nitrogens with one attached hydrogen (secondary N) is 2. The third-order valence-corrected chi connectivity index (χ3v) is 2.89. The topological polar surface area (TPSA) is 74.4 Å². The highest BCUT2D eigenvalue weighted by Gasteiger charge is 2.16. The van der Waals surface area contributed by atoms with Crippen molar-refractivity contribution >= 4 is 12.2 Å². The van der Waals surface area contributed by atoms with Crippen molar-refractivity contribution in [1.29, 1.82) is 0 Å². The fourth-order valence-electron chi connectivity index (χ4n) is 1.62. The summed E-state index contributed by atoms with van der Waals surface area (Å²) >= 11 is 4.85. The maximum absolute atomic E-state index is 11.7. The van der Waals surface area contributed by atoms with Crippen LogP contribution < -0.4 is 5.56 Å². The molecule has 0 spiro atoms. The second-order valence-electron chi connectivity index (χ2n) is 5.44. The van der Waals surface area contributed by atoms with Crippen LogP contribution in [0.15, 0.2) is 23.4 Å². The van der Waals surface area contributed by atoms with Crippen LogP contribution in [-0.2, 0) is 11.8 Å². The van der Waals surface area contributed by atoms with Crippen molar-refractivity contribution in [2.75, 3.05) is 0 Å². The Balaban J connectivity index is 2.25. The highest BCUT2D eigenvalue weighted by atomic mass is 32.1. The van der Waals surface area contributed by atoms with Crippen molar-refractivity contribution < 1.29 is 0 Å². The molecule has 6 heteroatoms. The van der Waals surface area contributed by atoms with Crippen molar-refractivity contribution in [2.45, 2.75) is 32.6 Å². The predicted molar refractivity (Wildman–Crippen MR) is 75.8 cm³/mol. The summed E-state index contributed by atoms with van der Waals surface area (Å²) in [6.45, 7) is 6.18. The van der Waals surface area contributed by atoms with Crippen LogP contribution in [0.25, 0.3) is 0 Å². The van der Waals surface area contributed by atoms with Crippen LogP contribution in [0.3, 0.4) is 0 Å². The Morgan fingerprint density at radius 2 is 1.89 bits per heavy atom. The van der Waals surface area contributed by atoms with E-state index in [0.717, 1.165) is 11.4 Å². The maximum atomic E-state index is 11.7. The molecule has 0 fully saturated rings. The van der Waals surface area contributed by atoms with Crippen LogP contribution >= 0.6 is 12.2 Å². The molecule has 0 aliphatic rings. The van der Waals surface area contributed by atoms with E-state index in [4.69, 9.17) is 12.2 Å². The van der Waals surface area contributed by atoms with Crippen molar-refractivity contribution in [3.63, 3.8) is 0 Å². The van der Waals surface area contributed by atoms with Gasteiger partial charge in [-0.3, -0.25) is 9.78 Å². The van der Waals surface area contributed by atoms with Crippen LogP contribution in [0.1, 0.15) is 37.7 Å². The standard InChI is InChI=1S/C13H16N4OS/c1-13(2,3)11-14-5-8(6-15-11)4-9-7-16-12(19)17-10(9)18/h5-7H,4H2,1-3H3,(H2,16,17,18,19). The summed E-state index contributed by atoms with van der Waals surface area (Å²) in [5, 5.41) is 0. The molecule has 2 N–H and O–H groups in total. The molecule has 0 saturated heterocycles. The monoisotopic (exact) mass is 276 g/mol. The minimum absolute atomic E-state index is 0.0756. The largest absolute Gasteiger partial charge is 0.338 e. The van der Waals surface area contributed by atoms with Gasteiger partial charge < -0.3 is 4.98 Å². The fourth-order valence-corrected chi connectivity index (χ4v) is 1.77. The minimum Gasteiger partial charge on any atom is -0.338 e. The molecule has 0 aliphatic carbocycles. The molecule has 19 heavy (non-hydrogen) atoms. The number of aromatic amines is 2. The molecular formula is C13H16N4OS. The lowest BCUT2D eigenvalue weighted by molar-refractivity contribution is 0.544. The van der Waals surface area contributed by atoms with E-state index >= 15 is 0 Å². The molecule has 0 amide bonds. The minimum atomic E-state index is -0.177. The molecule has 0 atom stereocenters. The Morgan fingerprint density at radius 3 is 2.42 bits per heavy atom. The zero-order valence-electron chi connectivity index (χ0n) is 11.2. The molecule has 0 aromatic carbocycles. The Morgan fingerprint density at radius 1 is 1.26 bits per heavy atom. The lowest BCUT2D eigenvalue weighted by atomic mass is 9.95. The Hall–Kier alpha value is -1.82. The maximum Gasteiger partial charge on any atom is 0.255 e. The smallest absolute Gasteiger partial charge is 0.255 e. The zero-order chi connectivity index (χ0) is 14.0. The first kappa shape index (κ1) is 13.6. The number of hydrogen-bond acceptors (Lipinski definition) is 4. The Labute approximate surface area is 116 Å². The van der Waals surface area contributed by atoms with E-state index in [-0.39, 0.29) is 11.0 Å². The summed E-state index contributed by atoms with van der Waals surface area (Å²) in [6.07, 6.45) is 5.62. The lowest BCUT2D eigenvalue weighted by Gasteiger charge is -2.15. The first-order valence-corrected chi connectivity index (χ1v) is 6.39. The van der Waals surface area contributed by atoms with Gasteiger partial charge in [-0.2, -0.15) is 0 Å². The summed E-state index contributed by atoms with van der Waals surface area (Å²) in [5.41, 5.74) is 1.25.